The first-order valence-corrected chi connectivity index (χ1v) is 11.7. The maximum atomic E-state index is 13.7. The number of carboxylic acid groups (broad SMARTS) is 1. The van der Waals surface area contributed by atoms with E-state index in [1.54, 1.807) is 18.2 Å². The fraction of sp³-hybridized carbons (Fsp3) is 0.192. The Balaban J connectivity index is 1.70. The first-order valence-electron chi connectivity index (χ1n) is 11.3. The lowest BCUT2D eigenvalue weighted by molar-refractivity contribution is -0.144. The van der Waals surface area contributed by atoms with Crippen LogP contribution < -0.4 is 10.4 Å². The molecule has 1 atom stereocenters. The monoisotopic (exact) mass is 545 g/mol. The van der Waals surface area contributed by atoms with E-state index in [4.69, 9.17) is 26.0 Å². The lowest BCUT2D eigenvalue weighted by Crippen LogP contribution is -2.24. The minimum atomic E-state index is -4.64. The molecule has 0 unspecified atom stereocenters. The van der Waals surface area contributed by atoms with Crippen molar-refractivity contribution >= 4 is 39.6 Å². The number of hydrogen-bond donors (Lipinski definition) is 1. The van der Waals surface area contributed by atoms with Crippen LogP contribution in [0.1, 0.15) is 23.6 Å². The van der Waals surface area contributed by atoms with E-state index >= 15 is 0 Å². The van der Waals surface area contributed by atoms with Crippen molar-refractivity contribution in [1.29, 1.82) is 0 Å². The molecule has 8 nitrogen and oxygen atoms in total. The van der Waals surface area contributed by atoms with E-state index in [0.29, 0.717) is 16.5 Å². The number of ether oxygens (including phenoxy) is 1. The number of aliphatic carboxylic acids is 1. The highest BCUT2D eigenvalue weighted by atomic mass is 35.5. The Morgan fingerprint density at radius 2 is 1.89 bits per heavy atom. The molecule has 0 radical (unpaired) electrons. The second-order valence-electron chi connectivity index (χ2n) is 8.77. The van der Waals surface area contributed by atoms with Gasteiger partial charge in [-0.05, 0) is 61.9 Å². The maximum absolute atomic E-state index is 13.7. The predicted molar refractivity (Wildman–Crippen MR) is 133 cm³/mol. The van der Waals surface area contributed by atoms with E-state index in [0.717, 1.165) is 17.7 Å². The molecule has 0 aliphatic heterocycles. The van der Waals surface area contributed by atoms with Gasteiger partial charge in [0, 0.05) is 0 Å². The maximum Gasteiger partial charge on any atom is 0.416 e. The van der Waals surface area contributed by atoms with Gasteiger partial charge in [0.05, 0.1) is 33.6 Å². The zero-order valence-corrected chi connectivity index (χ0v) is 20.7. The molecule has 0 spiro atoms. The average molecular weight is 546 g/mol. The van der Waals surface area contributed by atoms with Crippen molar-refractivity contribution < 1.29 is 32.3 Å². The van der Waals surface area contributed by atoms with Gasteiger partial charge in [-0.3, -0.25) is 4.57 Å². The summed E-state index contributed by atoms with van der Waals surface area (Å²) in [5.41, 5.74) is 0.384. The van der Waals surface area contributed by atoms with Gasteiger partial charge in [0.2, 0.25) is 0 Å². The molecule has 0 fully saturated rings. The normalized spacial score (nSPS) is 12.8. The first-order chi connectivity index (χ1) is 17.9. The highest BCUT2D eigenvalue weighted by molar-refractivity contribution is 6.32. The molecule has 0 aliphatic carbocycles. The quantitative estimate of drug-likeness (QED) is 0.289. The molecule has 1 N–H and O–H groups in total. The van der Waals surface area contributed by atoms with Crippen molar-refractivity contribution in [3.05, 3.63) is 86.8 Å². The highest BCUT2D eigenvalue weighted by Crippen LogP contribution is 2.33. The van der Waals surface area contributed by atoms with Crippen LogP contribution in [0.3, 0.4) is 0 Å². The molecule has 2 aromatic heterocycles. The summed E-state index contributed by atoms with van der Waals surface area (Å²) in [5, 5.41) is 13.9. The number of aromatic nitrogens is 3. The van der Waals surface area contributed by atoms with E-state index in [1.807, 2.05) is 13.0 Å². The van der Waals surface area contributed by atoms with E-state index in [-0.39, 0.29) is 34.2 Å². The van der Waals surface area contributed by atoms with Crippen molar-refractivity contribution in [2.24, 2.45) is 0 Å². The molecule has 12 heteroatoms. The number of halogens is 4. The Hall–Kier alpha value is -4.25. The lowest BCUT2D eigenvalue weighted by atomic mass is 10.1. The molecule has 0 saturated heterocycles. The molecular formula is C26H19ClF3N3O5. The van der Waals surface area contributed by atoms with E-state index in [1.165, 1.54) is 34.3 Å². The number of carbonyl (C=O) groups is 1. The smallest absolute Gasteiger partial charge is 0.416 e. The van der Waals surface area contributed by atoms with Crippen LogP contribution in [0.15, 0.2) is 63.9 Å². The van der Waals surface area contributed by atoms with Crippen molar-refractivity contribution in [1.82, 2.24) is 14.3 Å². The molecule has 5 rings (SSSR count). The third-order valence-electron chi connectivity index (χ3n) is 6.06. The summed E-state index contributed by atoms with van der Waals surface area (Å²) < 4.78 is 53.9. The fourth-order valence-corrected chi connectivity index (χ4v) is 4.31. The van der Waals surface area contributed by atoms with Crippen molar-refractivity contribution in [2.75, 3.05) is 0 Å². The lowest BCUT2D eigenvalue weighted by Gasteiger charge is -2.13. The molecule has 0 aliphatic rings. The summed E-state index contributed by atoms with van der Waals surface area (Å²) >= 11 is 6.15. The Kier molecular flexibility index (Phi) is 6.18. The van der Waals surface area contributed by atoms with Gasteiger partial charge in [0.1, 0.15) is 5.75 Å². The Morgan fingerprint density at radius 1 is 1.13 bits per heavy atom. The van der Waals surface area contributed by atoms with Gasteiger partial charge in [-0.1, -0.05) is 34.5 Å². The highest BCUT2D eigenvalue weighted by Gasteiger charge is 2.32. The third kappa shape index (κ3) is 4.49. The van der Waals surface area contributed by atoms with Gasteiger partial charge >= 0.3 is 17.8 Å². The molecule has 3 aromatic carbocycles. The number of rotatable bonds is 6. The minimum absolute atomic E-state index is 0.0185. The molecule has 0 bridgehead atoms. The molecule has 5 aromatic rings. The van der Waals surface area contributed by atoms with Gasteiger partial charge in [0.15, 0.2) is 17.5 Å². The second kappa shape index (κ2) is 9.25. The third-order valence-corrected chi connectivity index (χ3v) is 6.37. The Labute approximate surface area is 217 Å². The zero-order valence-electron chi connectivity index (χ0n) is 19.9. The van der Waals surface area contributed by atoms with Crippen molar-refractivity contribution in [3.8, 4) is 11.6 Å². The number of fused-ring (bicyclic) bond motifs is 2. The zero-order chi connectivity index (χ0) is 27.4. The number of hydrogen-bond acceptors (Lipinski definition) is 5. The number of carboxylic acids is 1. The number of nitrogens with zero attached hydrogens (tertiary/aromatic N) is 3. The molecule has 2 heterocycles. The largest absolute Gasteiger partial charge is 0.479 e. The summed E-state index contributed by atoms with van der Waals surface area (Å²) in [6.45, 7) is 3.02. The number of imidazole rings is 1. The van der Waals surface area contributed by atoms with Crippen LogP contribution in [0.4, 0.5) is 13.2 Å². The molecule has 196 valence electrons. The molecule has 0 saturated carbocycles. The van der Waals surface area contributed by atoms with Crippen LogP contribution >= 0.6 is 11.6 Å². The van der Waals surface area contributed by atoms with Gasteiger partial charge in [-0.2, -0.15) is 13.2 Å². The minimum Gasteiger partial charge on any atom is -0.479 e. The summed E-state index contributed by atoms with van der Waals surface area (Å²) in [6, 6.07) is 12.8. The van der Waals surface area contributed by atoms with Crippen LogP contribution in [-0.2, 0) is 17.5 Å². The van der Waals surface area contributed by atoms with Crippen LogP contribution in [0.25, 0.3) is 27.8 Å². The summed E-state index contributed by atoms with van der Waals surface area (Å²) in [4.78, 5) is 24.9. The van der Waals surface area contributed by atoms with Crippen molar-refractivity contribution in [3.63, 3.8) is 0 Å². The van der Waals surface area contributed by atoms with Crippen LogP contribution in [0, 0.1) is 6.92 Å². The Bertz CT molecular complexity index is 1770. The fourth-order valence-electron chi connectivity index (χ4n) is 4.15. The average Bonchev–Trinajstić information content (AvgIpc) is 3.37. The predicted octanol–water partition coefficient (Wildman–Crippen LogP) is 5.81. The SMILES string of the molecule is Cc1ccc2onc(-n3c(=O)n(Cc4ccc(Cl)c(O[C@H](C)C(=O)O)c4)c4cc(C(F)(F)F)ccc43)c2c1. The summed E-state index contributed by atoms with van der Waals surface area (Å²) in [7, 11) is 0. The van der Waals surface area contributed by atoms with E-state index < -0.39 is 29.5 Å². The van der Waals surface area contributed by atoms with E-state index in [2.05, 4.69) is 5.16 Å². The van der Waals surface area contributed by atoms with Crippen LogP contribution in [0.2, 0.25) is 5.02 Å². The van der Waals surface area contributed by atoms with Gasteiger partial charge in [-0.25, -0.2) is 14.2 Å². The van der Waals surface area contributed by atoms with Gasteiger partial charge in [-0.15, -0.1) is 0 Å². The number of aryl methyl sites for hydroxylation is 1. The van der Waals surface area contributed by atoms with E-state index in [9.17, 15) is 22.8 Å². The topological polar surface area (TPSA) is 99.5 Å². The molecular weight excluding hydrogens is 527 g/mol. The van der Waals surface area contributed by atoms with Gasteiger partial charge < -0.3 is 14.4 Å². The second-order valence-corrected chi connectivity index (χ2v) is 9.18. The molecule has 0 amide bonds. The number of benzene rings is 3. The Morgan fingerprint density at radius 3 is 2.61 bits per heavy atom. The summed E-state index contributed by atoms with van der Waals surface area (Å²) in [6.07, 6.45) is -5.84. The summed E-state index contributed by atoms with van der Waals surface area (Å²) in [5.74, 6) is -1.00. The van der Waals surface area contributed by atoms with Gasteiger partial charge in [0.25, 0.3) is 0 Å². The van der Waals surface area contributed by atoms with Crippen LogP contribution in [-0.4, -0.2) is 31.5 Å². The standard InChI is InChI=1S/C26H19ClF3N3O5/c1-13-3-8-21-17(9-13)23(31-38-21)33-19-7-5-16(26(28,29)30)11-20(19)32(25(33)36)12-15-4-6-18(27)22(10-15)37-14(2)24(34)35/h3-11,14H,12H2,1-2H3,(H,34,35)/t14-/m1/s1. The van der Waals surface area contributed by atoms with Crippen LogP contribution in [0.5, 0.6) is 5.75 Å². The molecule has 38 heavy (non-hydrogen) atoms. The first kappa shape index (κ1) is 25.4. The number of alkyl halides is 3. The van der Waals surface area contributed by atoms with Crippen molar-refractivity contribution in [2.45, 2.75) is 32.7 Å².